The average molecular weight is 371 g/mol. The lowest BCUT2D eigenvalue weighted by molar-refractivity contribution is -0.118. The molecule has 3 atom stereocenters. The molecule has 0 radical (unpaired) electrons. The summed E-state index contributed by atoms with van der Waals surface area (Å²) in [6, 6.07) is 10.5. The van der Waals surface area contributed by atoms with E-state index in [1.165, 1.54) is 31.0 Å². The van der Waals surface area contributed by atoms with Crippen LogP contribution >= 0.6 is 11.8 Å². The molecule has 0 spiro atoms. The van der Waals surface area contributed by atoms with Gasteiger partial charge in [-0.05, 0) is 50.6 Å². The van der Waals surface area contributed by atoms with Crippen LogP contribution in [0.15, 0.2) is 36.5 Å². The molecule has 26 heavy (non-hydrogen) atoms. The second kappa shape index (κ2) is 7.94. The third kappa shape index (κ3) is 3.72. The Morgan fingerprint density at radius 3 is 3.15 bits per heavy atom. The molecular weight excluding hydrogens is 344 g/mol. The summed E-state index contributed by atoms with van der Waals surface area (Å²) in [6.07, 6.45) is 4.13. The predicted octanol–water partition coefficient (Wildman–Crippen LogP) is 2.73. The van der Waals surface area contributed by atoms with Crippen LogP contribution in [0.2, 0.25) is 0 Å². The fourth-order valence-corrected chi connectivity index (χ4v) is 5.27. The molecular formula is C20H26N4OS. The molecule has 4 rings (SSSR count). The molecule has 3 heterocycles. The standard InChI is InChI=1S/C20H26N4OS/c1-14(22-18-8-4-10-24-11-12-26-13-19(18)24)20(25)23-17-7-2-6-16-15(17)5-3-9-21-16/h2-3,5-7,9,14,18-19,22H,4,8,10-13H2,1H3,(H,23,25). The molecule has 0 saturated carbocycles. The number of amides is 1. The van der Waals surface area contributed by atoms with E-state index in [1.807, 2.05) is 49.0 Å². The first kappa shape index (κ1) is 17.8. The first-order chi connectivity index (χ1) is 12.7. The van der Waals surface area contributed by atoms with Crippen LogP contribution < -0.4 is 10.6 Å². The van der Waals surface area contributed by atoms with Crippen molar-refractivity contribution in [2.24, 2.45) is 0 Å². The number of nitrogens with one attached hydrogen (secondary N) is 2. The van der Waals surface area contributed by atoms with E-state index in [2.05, 4.69) is 20.5 Å². The Morgan fingerprint density at radius 1 is 1.31 bits per heavy atom. The number of carbonyl (C=O) groups is 1. The van der Waals surface area contributed by atoms with Crippen molar-refractivity contribution >= 4 is 34.3 Å². The van der Waals surface area contributed by atoms with E-state index in [-0.39, 0.29) is 11.9 Å². The second-order valence-electron chi connectivity index (χ2n) is 7.18. The van der Waals surface area contributed by atoms with Crippen molar-refractivity contribution in [1.29, 1.82) is 0 Å². The van der Waals surface area contributed by atoms with Crippen LogP contribution in [-0.4, -0.2) is 58.5 Å². The number of anilines is 1. The molecule has 5 nitrogen and oxygen atoms in total. The van der Waals surface area contributed by atoms with E-state index in [0.717, 1.165) is 23.0 Å². The van der Waals surface area contributed by atoms with Gasteiger partial charge >= 0.3 is 0 Å². The minimum atomic E-state index is -0.223. The normalized spacial score (nSPS) is 24.8. The second-order valence-corrected chi connectivity index (χ2v) is 8.33. The summed E-state index contributed by atoms with van der Waals surface area (Å²) in [5, 5.41) is 7.66. The highest BCUT2D eigenvalue weighted by Crippen LogP contribution is 2.26. The van der Waals surface area contributed by atoms with Gasteiger partial charge in [-0.15, -0.1) is 0 Å². The fraction of sp³-hybridized carbons (Fsp3) is 0.500. The van der Waals surface area contributed by atoms with Crippen LogP contribution in [0, 0.1) is 0 Å². The van der Waals surface area contributed by atoms with Crippen molar-refractivity contribution in [2.45, 2.75) is 37.9 Å². The largest absolute Gasteiger partial charge is 0.324 e. The Kier molecular flexibility index (Phi) is 5.43. The van der Waals surface area contributed by atoms with Crippen molar-refractivity contribution < 1.29 is 4.79 Å². The minimum Gasteiger partial charge on any atom is -0.324 e. The summed E-state index contributed by atoms with van der Waals surface area (Å²) in [5.74, 6) is 2.41. The smallest absolute Gasteiger partial charge is 0.241 e. The predicted molar refractivity (Wildman–Crippen MR) is 109 cm³/mol. The molecule has 2 aliphatic heterocycles. The van der Waals surface area contributed by atoms with Crippen LogP contribution in [0.3, 0.4) is 0 Å². The fourth-order valence-electron chi connectivity index (χ4n) is 4.06. The van der Waals surface area contributed by atoms with Crippen molar-refractivity contribution in [3.8, 4) is 0 Å². The topological polar surface area (TPSA) is 57.3 Å². The molecule has 2 aromatic rings. The van der Waals surface area contributed by atoms with Gasteiger partial charge in [0, 0.05) is 41.7 Å². The molecule has 2 saturated heterocycles. The van der Waals surface area contributed by atoms with Crippen LogP contribution in [0.4, 0.5) is 5.69 Å². The maximum Gasteiger partial charge on any atom is 0.241 e. The van der Waals surface area contributed by atoms with Crippen molar-refractivity contribution in [1.82, 2.24) is 15.2 Å². The van der Waals surface area contributed by atoms with Gasteiger partial charge in [0.2, 0.25) is 5.91 Å². The lowest BCUT2D eigenvalue weighted by atomic mass is 9.96. The lowest BCUT2D eigenvalue weighted by Crippen LogP contribution is -2.60. The van der Waals surface area contributed by atoms with E-state index in [9.17, 15) is 4.79 Å². The number of fused-ring (bicyclic) bond motifs is 2. The lowest BCUT2D eigenvalue weighted by Gasteiger charge is -2.45. The zero-order chi connectivity index (χ0) is 17.9. The number of aromatic nitrogens is 1. The maximum absolute atomic E-state index is 12.8. The van der Waals surface area contributed by atoms with E-state index in [0.29, 0.717) is 12.1 Å². The summed E-state index contributed by atoms with van der Waals surface area (Å²) >= 11 is 2.03. The Labute approximate surface area is 158 Å². The van der Waals surface area contributed by atoms with Gasteiger partial charge in [0.1, 0.15) is 0 Å². The summed E-state index contributed by atoms with van der Waals surface area (Å²) in [5.41, 5.74) is 1.72. The maximum atomic E-state index is 12.8. The molecule has 1 amide bonds. The number of benzene rings is 1. The van der Waals surface area contributed by atoms with Crippen LogP contribution in [0.1, 0.15) is 19.8 Å². The van der Waals surface area contributed by atoms with Crippen LogP contribution in [0.25, 0.3) is 10.9 Å². The van der Waals surface area contributed by atoms with Gasteiger partial charge in [0.05, 0.1) is 17.2 Å². The number of carbonyl (C=O) groups excluding carboxylic acids is 1. The molecule has 2 fully saturated rings. The van der Waals surface area contributed by atoms with Crippen molar-refractivity contribution in [3.05, 3.63) is 36.5 Å². The van der Waals surface area contributed by atoms with E-state index in [4.69, 9.17) is 0 Å². The van der Waals surface area contributed by atoms with Gasteiger partial charge in [0.25, 0.3) is 0 Å². The van der Waals surface area contributed by atoms with Crippen molar-refractivity contribution in [2.75, 3.05) is 29.9 Å². The van der Waals surface area contributed by atoms with Gasteiger partial charge in [-0.1, -0.05) is 6.07 Å². The molecule has 0 bridgehead atoms. The number of thioether (sulfide) groups is 1. The van der Waals surface area contributed by atoms with Gasteiger partial charge in [-0.3, -0.25) is 14.7 Å². The molecule has 2 aliphatic rings. The number of hydrogen-bond donors (Lipinski definition) is 2. The van der Waals surface area contributed by atoms with Gasteiger partial charge in [0.15, 0.2) is 0 Å². The van der Waals surface area contributed by atoms with Gasteiger partial charge in [-0.25, -0.2) is 0 Å². The number of rotatable bonds is 4. The molecule has 3 unspecified atom stereocenters. The molecule has 0 aliphatic carbocycles. The zero-order valence-electron chi connectivity index (χ0n) is 15.1. The summed E-state index contributed by atoms with van der Waals surface area (Å²) < 4.78 is 0. The van der Waals surface area contributed by atoms with E-state index >= 15 is 0 Å². The highest BCUT2D eigenvalue weighted by atomic mass is 32.2. The summed E-state index contributed by atoms with van der Waals surface area (Å²) in [6.45, 7) is 4.34. The van der Waals surface area contributed by atoms with Crippen LogP contribution in [0.5, 0.6) is 0 Å². The Hall–Kier alpha value is -1.63. The number of piperidine rings is 1. The first-order valence-corrected chi connectivity index (χ1v) is 10.6. The van der Waals surface area contributed by atoms with E-state index < -0.39 is 0 Å². The molecule has 6 heteroatoms. The Balaban J connectivity index is 1.43. The highest BCUT2D eigenvalue weighted by molar-refractivity contribution is 7.99. The molecule has 138 valence electrons. The third-order valence-corrected chi connectivity index (χ3v) is 6.51. The Bertz CT molecular complexity index is 776. The first-order valence-electron chi connectivity index (χ1n) is 9.45. The SMILES string of the molecule is CC(NC1CCCN2CCSCC12)C(=O)Nc1cccc2ncccc12. The monoisotopic (exact) mass is 370 g/mol. The molecule has 2 N–H and O–H groups in total. The van der Waals surface area contributed by atoms with Gasteiger partial charge in [-0.2, -0.15) is 11.8 Å². The van der Waals surface area contributed by atoms with Crippen LogP contribution in [-0.2, 0) is 4.79 Å². The molecule has 1 aromatic heterocycles. The third-order valence-electron chi connectivity index (χ3n) is 5.47. The van der Waals surface area contributed by atoms with Crippen molar-refractivity contribution in [3.63, 3.8) is 0 Å². The quantitative estimate of drug-likeness (QED) is 0.867. The highest BCUT2D eigenvalue weighted by Gasteiger charge is 2.34. The number of hydrogen-bond acceptors (Lipinski definition) is 5. The number of pyridine rings is 1. The summed E-state index contributed by atoms with van der Waals surface area (Å²) in [7, 11) is 0. The average Bonchev–Trinajstić information content (AvgIpc) is 2.68. The zero-order valence-corrected chi connectivity index (χ0v) is 16.0. The minimum absolute atomic E-state index is 0.0157. The van der Waals surface area contributed by atoms with E-state index in [1.54, 1.807) is 6.20 Å². The Morgan fingerprint density at radius 2 is 2.23 bits per heavy atom. The molecule has 1 aromatic carbocycles. The summed E-state index contributed by atoms with van der Waals surface area (Å²) in [4.78, 5) is 19.7. The number of nitrogens with zero attached hydrogens (tertiary/aromatic N) is 2. The van der Waals surface area contributed by atoms with Gasteiger partial charge < -0.3 is 10.6 Å².